The van der Waals surface area contributed by atoms with Crippen LogP contribution in [0.1, 0.15) is 16.7 Å². The standard InChI is InChI=1S/C25H21N3O2/c1-16-11-12-17(2)23(13-16)27-24(29)25(30)28-26-15-22-20-9-5-3-7-18(20)14-19-8-4-6-10-21(19)22/h3-15H,1-2H3,(H,27,29)(H,28,30). The zero-order valence-corrected chi connectivity index (χ0v) is 16.8. The molecule has 0 bridgehead atoms. The summed E-state index contributed by atoms with van der Waals surface area (Å²) in [5, 5.41) is 10.9. The van der Waals surface area contributed by atoms with Gasteiger partial charge in [0, 0.05) is 11.3 Å². The van der Waals surface area contributed by atoms with Crippen molar-refractivity contribution in [2.45, 2.75) is 13.8 Å². The summed E-state index contributed by atoms with van der Waals surface area (Å²) in [5.74, 6) is -1.58. The molecule has 4 rings (SSSR count). The summed E-state index contributed by atoms with van der Waals surface area (Å²) in [7, 11) is 0. The lowest BCUT2D eigenvalue weighted by atomic mass is 9.97. The summed E-state index contributed by atoms with van der Waals surface area (Å²) < 4.78 is 0. The molecule has 0 heterocycles. The molecule has 0 saturated heterocycles. The third-order valence-corrected chi connectivity index (χ3v) is 5.02. The predicted octanol–water partition coefficient (Wildman–Crippen LogP) is 4.70. The van der Waals surface area contributed by atoms with E-state index in [1.807, 2.05) is 80.6 Å². The zero-order valence-electron chi connectivity index (χ0n) is 16.8. The lowest BCUT2D eigenvalue weighted by Gasteiger charge is -2.09. The van der Waals surface area contributed by atoms with Crippen molar-refractivity contribution < 1.29 is 9.59 Å². The Morgan fingerprint density at radius 2 is 1.43 bits per heavy atom. The highest BCUT2D eigenvalue weighted by Gasteiger charge is 2.14. The maximum Gasteiger partial charge on any atom is 0.329 e. The van der Waals surface area contributed by atoms with Gasteiger partial charge in [0.25, 0.3) is 0 Å². The van der Waals surface area contributed by atoms with E-state index in [4.69, 9.17) is 0 Å². The van der Waals surface area contributed by atoms with Gasteiger partial charge in [0.05, 0.1) is 6.21 Å². The summed E-state index contributed by atoms with van der Waals surface area (Å²) >= 11 is 0. The van der Waals surface area contributed by atoms with Gasteiger partial charge < -0.3 is 5.32 Å². The number of amides is 2. The Labute approximate surface area is 174 Å². The minimum Gasteiger partial charge on any atom is -0.317 e. The van der Waals surface area contributed by atoms with Gasteiger partial charge in [-0.1, -0.05) is 60.7 Å². The number of carbonyl (C=O) groups is 2. The van der Waals surface area contributed by atoms with Crippen molar-refractivity contribution >= 4 is 45.3 Å². The highest BCUT2D eigenvalue weighted by atomic mass is 16.2. The molecule has 0 aliphatic rings. The number of anilines is 1. The fourth-order valence-corrected chi connectivity index (χ4v) is 3.44. The summed E-state index contributed by atoms with van der Waals surface area (Å²) in [6.07, 6.45) is 1.59. The average Bonchev–Trinajstić information content (AvgIpc) is 2.75. The van der Waals surface area contributed by atoms with E-state index >= 15 is 0 Å². The number of nitrogens with one attached hydrogen (secondary N) is 2. The third kappa shape index (κ3) is 3.91. The molecule has 0 saturated carbocycles. The van der Waals surface area contributed by atoms with E-state index in [0.29, 0.717) is 5.69 Å². The van der Waals surface area contributed by atoms with Crippen molar-refractivity contribution in [1.82, 2.24) is 5.43 Å². The first kappa shape index (κ1) is 19.3. The van der Waals surface area contributed by atoms with Crippen molar-refractivity contribution in [3.8, 4) is 0 Å². The summed E-state index contributed by atoms with van der Waals surface area (Å²) in [6.45, 7) is 3.80. The normalized spacial score (nSPS) is 11.1. The number of aryl methyl sites for hydroxylation is 2. The Balaban J connectivity index is 1.56. The van der Waals surface area contributed by atoms with Gasteiger partial charge in [-0.3, -0.25) is 9.59 Å². The van der Waals surface area contributed by atoms with Gasteiger partial charge in [-0.05, 0) is 58.7 Å². The van der Waals surface area contributed by atoms with Crippen molar-refractivity contribution in [2.75, 3.05) is 5.32 Å². The van der Waals surface area contributed by atoms with E-state index < -0.39 is 11.8 Å². The highest BCUT2D eigenvalue weighted by Crippen LogP contribution is 2.27. The van der Waals surface area contributed by atoms with Crippen LogP contribution in [0.2, 0.25) is 0 Å². The highest BCUT2D eigenvalue weighted by molar-refractivity contribution is 6.39. The molecule has 148 valence electrons. The molecule has 0 aliphatic heterocycles. The largest absolute Gasteiger partial charge is 0.329 e. The molecule has 0 spiro atoms. The molecule has 5 heteroatoms. The maximum absolute atomic E-state index is 12.2. The Hall–Kier alpha value is -3.99. The Kier molecular flexibility index (Phi) is 5.26. The molecule has 0 unspecified atom stereocenters. The van der Waals surface area contributed by atoms with Crippen LogP contribution in [0.4, 0.5) is 5.69 Å². The van der Waals surface area contributed by atoms with Gasteiger partial charge in [0.15, 0.2) is 0 Å². The average molecular weight is 395 g/mol. The quantitative estimate of drug-likeness (QED) is 0.228. The summed E-state index contributed by atoms with van der Waals surface area (Å²) in [4.78, 5) is 24.5. The van der Waals surface area contributed by atoms with Crippen molar-refractivity contribution in [3.63, 3.8) is 0 Å². The molecule has 4 aromatic rings. The van der Waals surface area contributed by atoms with Crippen molar-refractivity contribution in [3.05, 3.63) is 89.5 Å². The number of carbonyl (C=O) groups excluding carboxylic acids is 2. The van der Waals surface area contributed by atoms with Crippen LogP contribution in [0, 0.1) is 13.8 Å². The molecule has 0 fully saturated rings. The molecule has 2 N–H and O–H groups in total. The number of hydrogen-bond acceptors (Lipinski definition) is 3. The lowest BCUT2D eigenvalue weighted by molar-refractivity contribution is -0.136. The van der Waals surface area contributed by atoms with Crippen LogP contribution in [-0.2, 0) is 9.59 Å². The number of nitrogens with zero attached hydrogens (tertiary/aromatic N) is 1. The molecule has 0 atom stereocenters. The van der Waals surface area contributed by atoms with Crippen LogP contribution in [0.3, 0.4) is 0 Å². The monoisotopic (exact) mass is 395 g/mol. The lowest BCUT2D eigenvalue weighted by Crippen LogP contribution is -2.32. The number of hydrogen-bond donors (Lipinski definition) is 2. The minimum atomic E-state index is -0.823. The number of rotatable bonds is 3. The van der Waals surface area contributed by atoms with E-state index in [0.717, 1.165) is 38.2 Å². The Bertz CT molecular complexity index is 1250. The maximum atomic E-state index is 12.2. The first-order valence-corrected chi connectivity index (χ1v) is 9.65. The van der Waals surface area contributed by atoms with E-state index in [2.05, 4.69) is 21.9 Å². The molecule has 5 nitrogen and oxygen atoms in total. The van der Waals surface area contributed by atoms with Gasteiger partial charge in [0.1, 0.15) is 0 Å². The molecule has 0 radical (unpaired) electrons. The van der Waals surface area contributed by atoms with Crippen LogP contribution in [0.25, 0.3) is 21.5 Å². The van der Waals surface area contributed by atoms with Gasteiger partial charge in [0.2, 0.25) is 0 Å². The SMILES string of the molecule is Cc1ccc(C)c(NC(=O)C(=O)NN=Cc2c3ccccc3cc3ccccc23)c1. The first-order valence-electron chi connectivity index (χ1n) is 9.65. The van der Waals surface area contributed by atoms with Crippen LogP contribution >= 0.6 is 0 Å². The van der Waals surface area contributed by atoms with Gasteiger partial charge in [-0.25, -0.2) is 5.43 Å². The first-order chi connectivity index (χ1) is 14.5. The summed E-state index contributed by atoms with van der Waals surface area (Å²) in [5.41, 5.74) is 5.71. The fraction of sp³-hybridized carbons (Fsp3) is 0.0800. The molecule has 30 heavy (non-hydrogen) atoms. The molecular formula is C25H21N3O2. The van der Waals surface area contributed by atoms with E-state index in [1.165, 1.54) is 0 Å². The van der Waals surface area contributed by atoms with Crippen LogP contribution in [0.5, 0.6) is 0 Å². The third-order valence-electron chi connectivity index (χ3n) is 5.02. The predicted molar refractivity (Wildman–Crippen MR) is 122 cm³/mol. The second kappa shape index (κ2) is 8.17. The van der Waals surface area contributed by atoms with Crippen molar-refractivity contribution in [1.29, 1.82) is 0 Å². The molecule has 4 aromatic carbocycles. The summed E-state index contributed by atoms with van der Waals surface area (Å²) in [6, 6.07) is 23.8. The number of fused-ring (bicyclic) bond motifs is 2. The minimum absolute atomic E-state index is 0.610. The Morgan fingerprint density at radius 3 is 2.10 bits per heavy atom. The smallest absolute Gasteiger partial charge is 0.317 e. The molecule has 2 amide bonds. The van der Waals surface area contributed by atoms with Crippen LogP contribution in [0.15, 0.2) is 77.9 Å². The van der Waals surface area contributed by atoms with Crippen LogP contribution < -0.4 is 10.7 Å². The fourth-order valence-electron chi connectivity index (χ4n) is 3.44. The topological polar surface area (TPSA) is 70.6 Å². The van der Waals surface area contributed by atoms with Gasteiger partial charge in [-0.2, -0.15) is 5.10 Å². The van der Waals surface area contributed by atoms with Gasteiger partial charge >= 0.3 is 11.8 Å². The van der Waals surface area contributed by atoms with Crippen molar-refractivity contribution in [2.24, 2.45) is 5.10 Å². The van der Waals surface area contributed by atoms with E-state index in [-0.39, 0.29) is 0 Å². The molecule has 0 aliphatic carbocycles. The second-order valence-electron chi connectivity index (χ2n) is 7.20. The zero-order chi connectivity index (χ0) is 21.1. The van der Waals surface area contributed by atoms with Crippen LogP contribution in [-0.4, -0.2) is 18.0 Å². The number of hydrazone groups is 1. The van der Waals surface area contributed by atoms with Gasteiger partial charge in [-0.15, -0.1) is 0 Å². The van der Waals surface area contributed by atoms with E-state index in [1.54, 1.807) is 6.21 Å². The number of benzene rings is 4. The second-order valence-corrected chi connectivity index (χ2v) is 7.20. The van der Waals surface area contributed by atoms with E-state index in [9.17, 15) is 9.59 Å². The Morgan fingerprint density at radius 1 is 0.800 bits per heavy atom. The molecule has 0 aromatic heterocycles. The molecular weight excluding hydrogens is 374 g/mol.